The van der Waals surface area contributed by atoms with Gasteiger partial charge in [0.25, 0.3) is 0 Å². The molecule has 0 spiro atoms. The Balaban J connectivity index is 1.91. The zero-order valence-corrected chi connectivity index (χ0v) is 12.0. The standard InChI is InChI=1S/C15H22ClNO/c1-11-3-8-15(18-2)12(9-11)10-17-14-6-4-13(16)5-7-14/h3,8-9,13-14,17H,4-7,10H2,1-2H3. The third kappa shape index (κ3) is 3.63. The van der Waals surface area contributed by atoms with Gasteiger partial charge in [-0.05, 0) is 38.7 Å². The monoisotopic (exact) mass is 267 g/mol. The van der Waals surface area contributed by atoms with Gasteiger partial charge in [-0.2, -0.15) is 0 Å². The molecule has 0 atom stereocenters. The number of rotatable bonds is 4. The Hall–Kier alpha value is -0.730. The lowest BCUT2D eigenvalue weighted by Gasteiger charge is -2.26. The van der Waals surface area contributed by atoms with E-state index in [2.05, 4.69) is 24.4 Å². The van der Waals surface area contributed by atoms with Gasteiger partial charge in [-0.3, -0.25) is 0 Å². The summed E-state index contributed by atoms with van der Waals surface area (Å²) in [7, 11) is 1.73. The van der Waals surface area contributed by atoms with Gasteiger partial charge in [-0.1, -0.05) is 17.7 Å². The summed E-state index contributed by atoms with van der Waals surface area (Å²) in [6, 6.07) is 6.92. The minimum absolute atomic E-state index is 0.386. The molecule has 0 bridgehead atoms. The highest BCUT2D eigenvalue weighted by atomic mass is 35.5. The summed E-state index contributed by atoms with van der Waals surface area (Å²) in [4.78, 5) is 0. The molecule has 0 aliphatic heterocycles. The van der Waals surface area contributed by atoms with Gasteiger partial charge in [0.1, 0.15) is 5.75 Å². The van der Waals surface area contributed by atoms with Crippen molar-refractivity contribution in [3.8, 4) is 5.75 Å². The van der Waals surface area contributed by atoms with Crippen molar-refractivity contribution < 1.29 is 4.74 Å². The maximum Gasteiger partial charge on any atom is 0.123 e. The van der Waals surface area contributed by atoms with E-state index in [0.29, 0.717) is 11.4 Å². The van der Waals surface area contributed by atoms with E-state index in [1.807, 2.05) is 6.07 Å². The van der Waals surface area contributed by atoms with E-state index in [4.69, 9.17) is 16.3 Å². The summed E-state index contributed by atoms with van der Waals surface area (Å²) in [6.45, 7) is 2.99. The lowest BCUT2D eigenvalue weighted by atomic mass is 9.95. The molecule has 100 valence electrons. The average molecular weight is 268 g/mol. The quantitative estimate of drug-likeness (QED) is 0.841. The number of benzene rings is 1. The highest BCUT2D eigenvalue weighted by Gasteiger charge is 2.19. The maximum absolute atomic E-state index is 6.12. The van der Waals surface area contributed by atoms with Crippen molar-refractivity contribution in [3.05, 3.63) is 29.3 Å². The van der Waals surface area contributed by atoms with Crippen LogP contribution < -0.4 is 10.1 Å². The van der Waals surface area contributed by atoms with Gasteiger partial charge < -0.3 is 10.1 Å². The van der Waals surface area contributed by atoms with Gasteiger partial charge in [0.2, 0.25) is 0 Å². The molecule has 1 aliphatic carbocycles. The van der Waals surface area contributed by atoms with E-state index in [1.54, 1.807) is 7.11 Å². The second-order valence-electron chi connectivity index (χ2n) is 5.15. The molecule has 3 heteroatoms. The third-order valence-corrected chi connectivity index (χ3v) is 4.11. The molecule has 0 unspecified atom stereocenters. The molecule has 1 saturated carbocycles. The maximum atomic E-state index is 6.12. The fourth-order valence-electron chi connectivity index (χ4n) is 2.56. The van der Waals surface area contributed by atoms with Crippen molar-refractivity contribution in [2.24, 2.45) is 0 Å². The van der Waals surface area contributed by atoms with Crippen LogP contribution >= 0.6 is 11.6 Å². The minimum atomic E-state index is 0.386. The average Bonchev–Trinajstić information content (AvgIpc) is 2.38. The van der Waals surface area contributed by atoms with E-state index < -0.39 is 0 Å². The largest absolute Gasteiger partial charge is 0.496 e. The normalized spacial score (nSPS) is 23.9. The summed E-state index contributed by atoms with van der Waals surface area (Å²) in [5.41, 5.74) is 2.52. The van der Waals surface area contributed by atoms with Crippen molar-refractivity contribution in [1.82, 2.24) is 5.32 Å². The first-order valence-corrected chi connectivity index (χ1v) is 7.13. The number of methoxy groups -OCH3 is 1. The Morgan fingerprint density at radius 3 is 2.67 bits per heavy atom. The van der Waals surface area contributed by atoms with Crippen LogP contribution in [-0.4, -0.2) is 18.5 Å². The van der Waals surface area contributed by atoms with Gasteiger partial charge in [-0.25, -0.2) is 0 Å². The molecular formula is C15H22ClNO. The summed E-state index contributed by atoms with van der Waals surface area (Å²) in [6.07, 6.45) is 4.62. The number of aryl methyl sites for hydroxylation is 1. The van der Waals surface area contributed by atoms with E-state index in [0.717, 1.165) is 25.1 Å². The lowest BCUT2D eigenvalue weighted by Crippen LogP contribution is -2.33. The fraction of sp³-hybridized carbons (Fsp3) is 0.600. The molecule has 1 fully saturated rings. The molecular weight excluding hydrogens is 246 g/mol. The van der Waals surface area contributed by atoms with Gasteiger partial charge in [0, 0.05) is 23.5 Å². The molecule has 2 nitrogen and oxygen atoms in total. The van der Waals surface area contributed by atoms with Gasteiger partial charge in [0.15, 0.2) is 0 Å². The van der Waals surface area contributed by atoms with Crippen molar-refractivity contribution in [3.63, 3.8) is 0 Å². The van der Waals surface area contributed by atoms with Crippen molar-refractivity contribution in [2.75, 3.05) is 7.11 Å². The van der Waals surface area contributed by atoms with Crippen LogP contribution in [0.25, 0.3) is 0 Å². The van der Waals surface area contributed by atoms with Crippen LogP contribution in [0.3, 0.4) is 0 Å². The van der Waals surface area contributed by atoms with Gasteiger partial charge in [0.05, 0.1) is 7.11 Å². The SMILES string of the molecule is COc1ccc(C)cc1CNC1CCC(Cl)CC1. The van der Waals surface area contributed by atoms with Crippen molar-refractivity contribution in [1.29, 1.82) is 0 Å². The van der Waals surface area contributed by atoms with Crippen molar-refractivity contribution in [2.45, 2.75) is 50.6 Å². The zero-order chi connectivity index (χ0) is 13.0. The molecule has 2 rings (SSSR count). The van der Waals surface area contributed by atoms with Crippen LogP contribution in [0.1, 0.15) is 36.8 Å². The first-order chi connectivity index (χ1) is 8.69. The molecule has 1 aromatic carbocycles. The van der Waals surface area contributed by atoms with Crippen molar-refractivity contribution >= 4 is 11.6 Å². The molecule has 0 aromatic heterocycles. The topological polar surface area (TPSA) is 21.3 Å². The van der Waals surface area contributed by atoms with Crippen LogP contribution in [0.4, 0.5) is 0 Å². The second-order valence-corrected chi connectivity index (χ2v) is 5.76. The highest BCUT2D eigenvalue weighted by Crippen LogP contribution is 2.24. The predicted octanol–water partition coefficient (Wildman–Crippen LogP) is 3.64. The second kappa shape index (κ2) is 6.44. The summed E-state index contributed by atoms with van der Waals surface area (Å²) >= 11 is 6.12. The van der Waals surface area contributed by atoms with Crippen LogP contribution in [0, 0.1) is 6.92 Å². The Morgan fingerprint density at radius 2 is 2.00 bits per heavy atom. The Labute approximate surface area is 115 Å². The molecule has 1 N–H and O–H groups in total. The van der Waals surface area contributed by atoms with Crippen LogP contribution in [-0.2, 0) is 6.54 Å². The van der Waals surface area contributed by atoms with E-state index in [-0.39, 0.29) is 0 Å². The number of hydrogen-bond donors (Lipinski definition) is 1. The Kier molecular flexibility index (Phi) is 4.90. The molecule has 18 heavy (non-hydrogen) atoms. The van der Waals surface area contributed by atoms with Gasteiger partial charge >= 0.3 is 0 Å². The molecule has 0 amide bonds. The fourth-order valence-corrected chi connectivity index (χ4v) is 2.81. The Morgan fingerprint density at radius 1 is 1.28 bits per heavy atom. The predicted molar refractivity (Wildman–Crippen MR) is 76.5 cm³/mol. The number of nitrogens with one attached hydrogen (secondary N) is 1. The van der Waals surface area contributed by atoms with E-state index in [9.17, 15) is 0 Å². The lowest BCUT2D eigenvalue weighted by molar-refractivity contribution is 0.368. The van der Waals surface area contributed by atoms with Crippen LogP contribution in [0.15, 0.2) is 18.2 Å². The third-order valence-electron chi connectivity index (χ3n) is 3.67. The molecule has 1 aromatic rings. The van der Waals surface area contributed by atoms with E-state index in [1.165, 1.54) is 24.0 Å². The summed E-state index contributed by atoms with van der Waals surface area (Å²) in [5, 5.41) is 4.01. The number of alkyl halides is 1. The number of hydrogen-bond acceptors (Lipinski definition) is 2. The zero-order valence-electron chi connectivity index (χ0n) is 11.2. The number of halogens is 1. The smallest absolute Gasteiger partial charge is 0.123 e. The van der Waals surface area contributed by atoms with Crippen LogP contribution in [0.2, 0.25) is 0 Å². The molecule has 0 saturated heterocycles. The summed E-state index contributed by atoms with van der Waals surface area (Å²) in [5.74, 6) is 0.971. The summed E-state index contributed by atoms with van der Waals surface area (Å²) < 4.78 is 5.40. The van der Waals surface area contributed by atoms with Gasteiger partial charge in [-0.15, -0.1) is 11.6 Å². The molecule has 0 heterocycles. The molecule has 1 aliphatic rings. The highest BCUT2D eigenvalue weighted by molar-refractivity contribution is 6.20. The first-order valence-electron chi connectivity index (χ1n) is 6.70. The number of ether oxygens (including phenoxy) is 1. The molecule has 0 radical (unpaired) electrons. The first kappa shape index (κ1) is 13.7. The van der Waals surface area contributed by atoms with E-state index >= 15 is 0 Å². The Bertz CT molecular complexity index is 386. The van der Waals surface area contributed by atoms with Crippen LogP contribution in [0.5, 0.6) is 5.75 Å². The minimum Gasteiger partial charge on any atom is -0.496 e.